The summed E-state index contributed by atoms with van der Waals surface area (Å²) in [5, 5.41) is 9.95. The van der Waals surface area contributed by atoms with Crippen molar-refractivity contribution in [2.75, 3.05) is 0 Å². The van der Waals surface area contributed by atoms with E-state index in [1.807, 2.05) is 0 Å². The summed E-state index contributed by atoms with van der Waals surface area (Å²) in [5.41, 5.74) is 0.426. The smallest absolute Gasteiger partial charge is 0.0568 e. The molecule has 1 N–H and O–H groups in total. The maximum atomic E-state index is 9.95. The molecule has 0 spiro atoms. The number of hydrogen-bond donors (Lipinski definition) is 1. The second-order valence-corrected chi connectivity index (χ2v) is 6.06. The maximum Gasteiger partial charge on any atom is 0.0568 e. The Hall–Kier alpha value is -0.0400. The van der Waals surface area contributed by atoms with E-state index in [0.717, 1.165) is 6.42 Å². The van der Waals surface area contributed by atoms with Crippen LogP contribution in [-0.2, 0) is 0 Å². The first-order valence-electron chi connectivity index (χ1n) is 6.17. The highest BCUT2D eigenvalue weighted by Crippen LogP contribution is 2.30. The number of hydrogen-bond acceptors (Lipinski definition) is 1. The molecule has 1 aliphatic rings. The average molecular weight is 198 g/mol. The van der Waals surface area contributed by atoms with Crippen LogP contribution < -0.4 is 0 Å². The first-order chi connectivity index (χ1) is 6.49. The lowest BCUT2D eigenvalue weighted by Gasteiger charge is -2.21. The summed E-state index contributed by atoms with van der Waals surface area (Å²) in [7, 11) is 0. The van der Waals surface area contributed by atoms with Gasteiger partial charge in [-0.25, -0.2) is 0 Å². The second-order valence-electron chi connectivity index (χ2n) is 6.06. The van der Waals surface area contributed by atoms with E-state index in [2.05, 4.69) is 20.8 Å². The molecule has 1 fully saturated rings. The Morgan fingerprint density at radius 2 is 1.79 bits per heavy atom. The van der Waals surface area contributed by atoms with Crippen LogP contribution >= 0.6 is 0 Å². The van der Waals surface area contributed by atoms with Crippen LogP contribution in [0.1, 0.15) is 65.7 Å². The van der Waals surface area contributed by atoms with E-state index >= 15 is 0 Å². The third-order valence-electron chi connectivity index (χ3n) is 3.37. The zero-order valence-electron chi connectivity index (χ0n) is 10.1. The molecular formula is C13H26O. The molecule has 0 aromatic carbocycles. The van der Waals surface area contributed by atoms with Crippen LogP contribution in [0.2, 0.25) is 0 Å². The lowest BCUT2D eigenvalue weighted by molar-refractivity contribution is 0.0960. The van der Waals surface area contributed by atoms with Crippen molar-refractivity contribution in [1.29, 1.82) is 0 Å². The minimum atomic E-state index is -0.0140. The summed E-state index contributed by atoms with van der Waals surface area (Å²) in [6.07, 6.45) is 8.61. The Bertz CT molecular complexity index is 151. The molecule has 0 aromatic heterocycles. The third kappa shape index (κ3) is 4.45. The van der Waals surface area contributed by atoms with Crippen LogP contribution in [0.3, 0.4) is 0 Å². The van der Waals surface area contributed by atoms with Crippen molar-refractivity contribution in [3.05, 3.63) is 0 Å². The van der Waals surface area contributed by atoms with Gasteiger partial charge >= 0.3 is 0 Å². The molecule has 1 atom stereocenters. The minimum absolute atomic E-state index is 0.0140. The monoisotopic (exact) mass is 198 g/mol. The van der Waals surface area contributed by atoms with Crippen molar-refractivity contribution in [3.63, 3.8) is 0 Å². The zero-order valence-corrected chi connectivity index (χ0v) is 10.1. The van der Waals surface area contributed by atoms with Crippen molar-refractivity contribution in [1.82, 2.24) is 0 Å². The Balaban J connectivity index is 2.11. The van der Waals surface area contributed by atoms with Crippen molar-refractivity contribution in [3.8, 4) is 0 Å². The largest absolute Gasteiger partial charge is 0.393 e. The Morgan fingerprint density at radius 1 is 1.21 bits per heavy atom. The molecule has 0 heterocycles. The number of aliphatic hydroxyl groups excluding tert-OH is 1. The van der Waals surface area contributed by atoms with E-state index in [1.165, 1.54) is 38.5 Å². The molecule has 0 aliphatic heterocycles. The van der Waals surface area contributed by atoms with E-state index in [-0.39, 0.29) is 6.10 Å². The summed E-state index contributed by atoms with van der Waals surface area (Å²) in [5.74, 6) is 0.620. The second kappa shape index (κ2) is 5.16. The van der Waals surface area contributed by atoms with Crippen LogP contribution in [0, 0.1) is 11.3 Å². The zero-order chi connectivity index (χ0) is 10.6. The van der Waals surface area contributed by atoms with Gasteiger partial charge in [0, 0.05) is 0 Å². The van der Waals surface area contributed by atoms with E-state index in [4.69, 9.17) is 0 Å². The lowest BCUT2D eigenvalue weighted by Crippen LogP contribution is -2.18. The van der Waals surface area contributed by atoms with Gasteiger partial charge in [-0.15, -0.1) is 0 Å². The van der Waals surface area contributed by atoms with Gasteiger partial charge in [0.25, 0.3) is 0 Å². The first-order valence-corrected chi connectivity index (χ1v) is 6.17. The lowest BCUT2D eigenvalue weighted by atomic mass is 9.87. The standard InChI is InChI=1S/C13H26O/c1-13(2,3)10-6-9-12(14)11-7-4-5-8-11/h11-12,14H,4-10H2,1-3H3. The van der Waals surface area contributed by atoms with Crippen LogP contribution in [0.4, 0.5) is 0 Å². The molecule has 1 aliphatic carbocycles. The van der Waals surface area contributed by atoms with Gasteiger partial charge in [-0.2, -0.15) is 0 Å². The molecule has 1 unspecified atom stereocenters. The molecule has 84 valence electrons. The number of rotatable bonds is 4. The Morgan fingerprint density at radius 3 is 2.29 bits per heavy atom. The fourth-order valence-electron chi connectivity index (χ4n) is 2.42. The topological polar surface area (TPSA) is 20.2 Å². The van der Waals surface area contributed by atoms with E-state index in [0.29, 0.717) is 11.3 Å². The summed E-state index contributed by atoms with van der Waals surface area (Å²) in [6, 6.07) is 0. The molecule has 0 radical (unpaired) electrons. The third-order valence-corrected chi connectivity index (χ3v) is 3.37. The highest BCUT2D eigenvalue weighted by Gasteiger charge is 2.23. The summed E-state index contributed by atoms with van der Waals surface area (Å²) in [4.78, 5) is 0. The highest BCUT2D eigenvalue weighted by atomic mass is 16.3. The quantitative estimate of drug-likeness (QED) is 0.729. The minimum Gasteiger partial charge on any atom is -0.393 e. The van der Waals surface area contributed by atoms with Gasteiger partial charge in [0.2, 0.25) is 0 Å². The van der Waals surface area contributed by atoms with E-state index in [9.17, 15) is 5.11 Å². The molecule has 0 saturated heterocycles. The van der Waals surface area contributed by atoms with Crippen molar-refractivity contribution < 1.29 is 5.11 Å². The molecule has 1 rings (SSSR count). The summed E-state index contributed by atoms with van der Waals surface area (Å²) < 4.78 is 0. The molecule has 1 saturated carbocycles. The summed E-state index contributed by atoms with van der Waals surface area (Å²) in [6.45, 7) is 6.82. The Labute approximate surface area is 88.9 Å². The number of aliphatic hydroxyl groups is 1. The predicted octanol–water partition coefficient (Wildman–Crippen LogP) is 3.75. The van der Waals surface area contributed by atoms with Crippen molar-refractivity contribution in [2.45, 2.75) is 71.8 Å². The van der Waals surface area contributed by atoms with Gasteiger partial charge in [-0.05, 0) is 37.0 Å². The average Bonchev–Trinajstić information content (AvgIpc) is 2.53. The van der Waals surface area contributed by atoms with Gasteiger partial charge in [-0.1, -0.05) is 40.0 Å². The molecule has 14 heavy (non-hydrogen) atoms. The maximum absolute atomic E-state index is 9.95. The predicted molar refractivity (Wildman–Crippen MR) is 61.3 cm³/mol. The molecule has 1 heteroatoms. The normalized spacial score (nSPS) is 21.4. The van der Waals surface area contributed by atoms with Crippen LogP contribution in [0.5, 0.6) is 0 Å². The van der Waals surface area contributed by atoms with Gasteiger partial charge in [-0.3, -0.25) is 0 Å². The van der Waals surface area contributed by atoms with Crippen molar-refractivity contribution in [2.24, 2.45) is 11.3 Å². The molecule has 0 amide bonds. The fraction of sp³-hybridized carbons (Fsp3) is 1.00. The summed E-state index contributed by atoms with van der Waals surface area (Å²) >= 11 is 0. The Kier molecular flexibility index (Phi) is 4.43. The molecule has 0 aromatic rings. The van der Waals surface area contributed by atoms with E-state index < -0.39 is 0 Å². The highest BCUT2D eigenvalue weighted by molar-refractivity contribution is 4.75. The van der Waals surface area contributed by atoms with Crippen molar-refractivity contribution >= 4 is 0 Å². The van der Waals surface area contributed by atoms with Gasteiger partial charge < -0.3 is 5.11 Å². The van der Waals surface area contributed by atoms with Crippen LogP contribution in [-0.4, -0.2) is 11.2 Å². The van der Waals surface area contributed by atoms with Crippen LogP contribution in [0.15, 0.2) is 0 Å². The molecule has 1 nitrogen and oxygen atoms in total. The van der Waals surface area contributed by atoms with Crippen LogP contribution in [0.25, 0.3) is 0 Å². The SMILES string of the molecule is CC(C)(C)CCCC(O)C1CCCC1. The fourth-order valence-corrected chi connectivity index (χ4v) is 2.42. The van der Waals surface area contributed by atoms with Gasteiger partial charge in [0.1, 0.15) is 0 Å². The van der Waals surface area contributed by atoms with Gasteiger partial charge in [0.15, 0.2) is 0 Å². The molecule has 0 bridgehead atoms. The van der Waals surface area contributed by atoms with E-state index in [1.54, 1.807) is 0 Å². The molecular weight excluding hydrogens is 172 g/mol. The van der Waals surface area contributed by atoms with Gasteiger partial charge in [0.05, 0.1) is 6.10 Å². The first kappa shape index (κ1) is 12.0.